The molecule has 4 rings (SSSR count). The van der Waals surface area contributed by atoms with Gasteiger partial charge in [-0.05, 0) is 49.1 Å². The van der Waals surface area contributed by atoms with Gasteiger partial charge < -0.3 is 20.2 Å². The lowest BCUT2D eigenvalue weighted by Crippen LogP contribution is -2.08. The Bertz CT molecular complexity index is 1220. The third kappa shape index (κ3) is 3.85. The van der Waals surface area contributed by atoms with E-state index in [0.29, 0.717) is 28.9 Å². The van der Waals surface area contributed by atoms with E-state index >= 15 is 0 Å². The molecule has 7 nitrogen and oxygen atoms in total. The number of carbonyl (C=O) groups is 1. The second-order valence-electron chi connectivity index (χ2n) is 7.07. The first kappa shape index (κ1) is 18.7. The smallest absolute Gasteiger partial charge is 0.349 e. The maximum absolute atomic E-state index is 12.6. The topological polar surface area (TPSA) is 122 Å². The summed E-state index contributed by atoms with van der Waals surface area (Å²) < 4.78 is 5.55. The summed E-state index contributed by atoms with van der Waals surface area (Å²) in [7, 11) is 0. The van der Waals surface area contributed by atoms with Gasteiger partial charge in [0.25, 0.3) is 0 Å². The van der Waals surface area contributed by atoms with E-state index in [1.54, 1.807) is 0 Å². The highest BCUT2D eigenvalue weighted by molar-refractivity contribution is 5.96. The number of hydrogen-bond donors (Lipinski definition) is 3. The molecule has 0 bridgehead atoms. The number of benzene rings is 2. The van der Waals surface area contributed by atoms with Crippen LogP contribution < -0.4 is 11.4 Å². The Kier molecular flexibility index (Phi) is 5.03. The van der Waals surface area contributed by atoms with Crippen molar-refractivity contribution in [1.82, 2.24) is 9.97 Å². The average molecular weight is 391 g/mol. The van der Waals surface area contributed by atoms with Gasteiger partial charge in [0, 0.05) is 11.8 Å². The summed E-state index contributed by atoms with van der Waals surface area (Å²) in [6.45, 7) is 0. The second kappa shape index (κ2) is 7.79. The fourth-order valence-corrected chi connectivity index (χ4v) is 3.50. The maximum atomic E-state index is 12.6. The van der Waals surface area contributed by atoms with Gasteiger partial charge in [0.2, 0.25) is 0 Å². The molecule has 0 amide bonds. The molecule has 0 aliphatic rings. The molecule has 0 saturated heterocycles. The number of nitrogens with one attached hydrogen (secondary N) is 1. The SMILES string of the molecule is Nc1c(-c2nc3ccccc3[nH]2)c(=O)oc2cc(CCCCCC(=O)O)ccc12. The third-order valence-corrected chi connectivity index (χ3v) is 4.99. The Morgan fingerprint density at radius 3 is 2.76 bits per heavy atom. The van der Waals surface area contributed by atoms with E-state index in [9.17, 15) is 9.59 Å². The molecule has 29 heavy (non-hydrogen) atoms. The van der Waals surface area contributed by atoms with Gasteiger partial charge in [-0.25, -0.2) is 9.78 Å². The molecule has 4 N–H and O–H groups in total. The summed E-state index contributed by atoms with van der Waals surface area (Å²) in [5.74, 6) is -0.380. The zero-order valence-electron chi connectivity index (χ0n) is 15.8. The summed E-state index contributed by atoms with van der Waals surface area (Å²) >= 11 is 0. The Morgan fingerprint density at radius 2 is 1.97 bits per heavy atom. The normalized spacial score (nSPS) is 11.3. The van der Waals surface area contributed by atoms with Gasteiger partial charge >= 0.3 is 11.6 Å². The van der Waals surface area contributed by atoms with E-state index in [1.807, 2.05) is 42.5 Å². The zero-order chi connectivity index (χ0) is 20.4. The number of nitrogen functional groups attached to an aromatic ring is 1. The first-order chi connectivity index (χ1) is 14.0. The van der Waals surface area contributed by atoms with Gasteiger partial charge in [-0.3, -0.25) is 4.79 Å². The van der Waals surface area contributed by atoms with Gasteiger partial charge in [0.05, 0.1) is 16.7 Å². The third-order valence-electron chi connectivity index (χ3n) is 4.99. The van der Waals surface area contributed by atoms with Crippen molar-refractivity contribution in [2.75, 3.05) is 5.73 Å². The summed E-state index contributed by atoms with van der Waals surface area (Å²) in [6.07, 6.45) is 3.33. The molecule has 2 aromatic heterocycles. The number of rotatable bonds is 7. The lowest BCUT2D eigenvalue weighted by Gasteiger charge is -2.07. The van der Waals surface area contributed by atoms with Crippen LogP contribution in [0.2, 0.25) is 0 Å². The summed E-state index contributed by atoms with van der Waals surface area (Å²) in [4.78, 5) is 30.8. The molecule has 0 atom stereocenters. The Hall–Kier alpha value is -3.61. The van der Waals surface area contributed by atoms with Crippen LogP contribution in [0.15, 0.2) is 51.7 Å². The van der Waals surface area contributed by atoms with E-state index < -0.39 is 11.6 Å². The number of aryl methyl sites for hydroxylation is 1. The minimum absolute atomic E-state index is 0.188. The zero-order valence-corrected chi connectivity index (χ0v) is 15.8. The minimum Gasteiger partial charge on any atom is -0.481 e. The number of hydrogen-bond acceptors (Lipinski definition) is 5. The van der Waals surface area contributed by atoms with Crippen molar-refractivity contribution in [1.29, 1.82) is 0 Å². The summed E-state index contributed by atoms with van der Waals surface area (Å²) in [6, 6.07) is 13.1. The number of H-pyrrole nitrogens is 1. The fourth-order valence-electron chi connectivity index (χ4n) is 3.50. The molecular formula is C22H21N3O4. The molecule has 2 aromatic carbocycles. The number of carboxylic acids is 1. The van der Waals surface area contributed by atoms with Crippen molar-refractivity contribution >= 4 is 33.7 Å². The van der Waals surface area contributed by atoms with Crippen LogP contribution in [0, 0.1) is 0 Å². The number of aromatic amines is 1. The number of nitrogens with zero attached hydrogens (tertiary/aromatic N) is 1. The van der Waals surface area contributed by atoms with Crippen LogP contribution >= 0.6 is 0 Å². The van der Waals surface area contributed by atoms with Crippen LogP contribution in [0.5, 0.6) is 0 Å². The number of carboxylic acid groups (broad SMARTS) is 1. The average Bonchev–Trinajstić information content (AvgIpc) is 3.10. The van der Waals surface area contributed by atoms with Crippen LogP contribution in [-0.2, 0) is 11.2 Å². The number of imidazole rings is 1. The predicted molar refractivity (Wildman–Crippen MR) is 112 cm³/mol. The molecule has 0 unspecified atom stereocenters. The fraction of sp³-hybridized carbons (Fsp3) is 0.227. The summed E-state index contributed by atoms with van der Waals surface area (Å²) in [5, 5.41) is 9.35. The first-order valence-corrected chi connectivity index (χ1v) is 9.55. The molecular weight excluding hydrogens is 370 g/mol. The monoisotopic (exact) mass is 391 g/mol. The van der Waals surface area contributed by atoms with Crippen molar-refractivity contribution in [3.8, 4) is 11.4 Å². The van der Waals surface area contributed by atoms with Crippen LogP contribution in [0.1, 0.15) is 31.2 Å². The number of para-hydroxylation sites is 2. The number of fused-ring (bicyclic) bond motifs is 2. The highest BCUT2D eigenvalue weighted by Gasteiger charge is 2.17. The van der Waals surface area contributed by atoms with E-state index in [2.05, 4.69) is 9.97 Å². The largest absolute Gasteiger partial charge is 0.481 e. The molecule has 0 radical (unpaired) electrons. The van der Waals surface area contributed by atoms with Gasteiger partial charge in [-0.15, -0.1) is 0 Å². The lowest BCUT2D eigenvalue weighted by atomic mass is 10.0. The predicted octanol–water partition coefficient (Wildman–Crippen LogP) is 4.11. The maximum Gasteiger partial charge on any atom is 0.349 e. The minimum atomic E-state index is -0.770. The van der Waals surface area contributed by atoms with Crippen molar-refractivity contribution in [3.05, 3.63) is 58.4 Å². The summed E-state index contributed by atoms with van der Waals surface area (Å²) in [5.41, 5.74) is 9.38. The second-order valence-corrected chi connectivity index (χ2v) is 7.07. The molecule has 4 aromatic rings. The van der Waals surface area contributed by atoms with Crippen LogP contribution in [0.4, 0.5) is 5.69 Å². The lowest BCUT2D eigenvalue weighted by molar-refractivity contribution is -0.137. The van der Waals surface area contributed by atoms with Gasteiger partial charge in [0.15, 0.2) is 0 Å². The molecule has 2 heterocycles. The molecule has 0 aliphatic heterocycles. The highest BCUT2D eigenvalue weighted by Crippen LogP contribution is 2.30. The van der Waals surface area contributed by atoms with Crippen LogP contribution in [0.3, 0.4) is 0 Å². The van der Waals surface area contributed by atoms with Crippen molar-refractivity contribution in [3.63, 3.8) is 0 Å². The highest BCUT2D eigenvalue weighted by atomic mass is 16.4. The Balaban J connectivity index is 1.62. The van der Waals surface area contributed by atoms with E-state index in [1.165, 1.54) is 0 Å². The molecule has 0 fully saturated rings. The van der Waals surface area contributed by atoms with Crippen LogP contribution in [0.25, 0.3) is 33.4 Å². The van der Waals surface area contributed by atoms with Crippen molar-refractivity contribution in [2.45, 2.75) is 32.1 Å². The molecule has 0 aliphatic carbocycles. The van der Waals surface area contributed by atoms with Gasteiger partial charge in [-0.2, -0.15) is 0 Å². The van der Waals surface area contributed by atoms with E-state index in [0.717, 1.165) is 35.9 Å². The quantitative estimate of drug-likeness (QED) is 0.322. The molecule has 0 saturated carbocycles. The molecule has 7 heteroatoms. The molecule has 148 valence electrons. The standard InChI is InChI=1S/C22H21N3O4/c23-20-14-11-10-13(6-2-1-3-9-18(26)27)12-17(14)29-22(28)19(20)21-24-15-7-4-5-8-16(15)25-21/h4-5,7-8,10-12H,1-3,6,9,23H2,(H,24,25)(H,26,27). The van der Waals surface area contributed by atoms with Crippen LogP contribution in [-0.4, -0.2) is 21.0 Å². The van der Waals surface area contributed by atoms with E-state index in [-0.39, 0.29) is 12.0 Å². The Morgan fingerprint density at radius 1 is 1.14 bits per heavy atom. The van der Waals surface area contributed by atoms with Gasteiger partial charge in [0.1, 0.15) is 17.0 Å². The number of aliphatic carboxylic acids is 1. The van der Waals surface area contributed by atoms with E-state index in [4.69, 9.17) is 15.3 Å². The number of nitrogens with two attached hydrogens (primary N) is 1. The van der Waals surface area contributed by atoms with Crippen molar-refractivity contribution in [2.24, 2.45) is 0 Å². The number of aromatic nitrogens is 2. The number of anilines is 1. The van der Waals surface area contributed by atoms with Gasteiger partial charge in [-0.1, -0.05) is 24.6 Å². The first-order valence-electron chi connectivity index (χ1n) is 9.55. The molecule has 0 spiro atoms. The number of unbranched alkanes of at least 4 members (excludes halogenated alkanes) is 2. The van der Waals surface area contributed by atoms with Crippen molar-refractivity contribution < 1.29 is 14.3 Å². The Labute approximate surface area is 166 Å².